The van der Waals surface area contributed by atoms with Crippen molar-refractivity contribution in [2.75, 3.05) is 0 Å². The van der Waals surface area contributed by atoms with Crippen LogP contribution in [0.25, 0.3) is 0 Å². The molecule has 0 spiro atoms. The molecule has 0 saturated carbocycles. The second kappa shape index (κ2) is 11.2. The van der Waals surface area contributed by atoms with Crippen molar-refractivity contribution in [1.82, 2.24) is 0 Å². The van der Waals surface area contributed by atoms with Crippen molar-refractivity contribution in [2.24, 2.45) is 11.3 Å². The highest BCUT2D eigenvalue weighted by Gasteiger charge is 2.14. The van der Waals surface area contributed by atoms with E-state index in [2.05, 4.69) is 40.0 Å². The lowest BCUT2D eigenvalue weighted by Crippen LogP contribution is -2.09. The van der Waals surface area contributed by atoms with Crippen LogP contribution in [0.1, 0.15) is 73.1 Å². The molecule has 0 N–H and O–H groups in total. The number of carbonyl (C=O) groups excluding carboxylic acids is 1. The lowest BCUT2D eigenvalue weighted by molar-refractivity contribution is -0.121. The van der Waals surface area contributed by atoms with Crippen molar-refractivity contribution >= 4 is 5.78 Å². The Morgan fingerprint density at radius 3 is 2.26 bits per heavy atom. The van der Waals surface area contributed by atoms with Crippen LogP contribution in [0.5, 0.6) is 0 Å². The lowest BCUT2D eigenvalue weighted by atomic mass is 9.85. The first-order valence-electron chi connectivity index (χ1n) is 8.83. The highest BCUT2D eigenvalue weighted by molar-refractivity contribution is 5.82. The van der Waals surface area contributed by atoms with E-state index in [1.54, 1.807) is 0 Å². The predicted molar refractivity (Wildman–Crippen MR) is 104 cm³/mol. The zero-order chi connectivity index (χ0) is 17.9. The third kappa shape index (κ3) is 10.1. The summed E-state index contributed by atoms with van der Waals surface area (Å²) in [7, 11) is 0. The summed E-state index contributed by atoms with van der Waals surface area (Å²) in [6, 6.07) is 0. The van der Waals surface area contributed by atoms with Crippen LogP contribution in [0.2, 0.25) is 0 Å². The molecule has 0 rings (SSSR count). The quantitative estimate of drug-likeness (QED) is 0.361. The molecule has 0 radical (unpaired) electrons. The van der Waals surface area contributed by atoms with Gasteiger partial charge in [-0.05, 0) is 52.9 Å². The number of hydrogen-bond donors (Lipinski definition) is 0. The molecular formula is C22H36O. The van der Waals surface area contributed by atoms with E-state index in [1.165, 1.54) is 11.1 Å². The summed E-state index contributed by atoms with van der Waals surface area (Å²) < 4.78 is 0. The Morgan fingerprint density at radius 2 is 1.74 bits per heavy atom. The van der Waals surface area contributed by atoms with Gasteiger partial charge in [0.25, 0.3) is 0 Å². The molecule has 0 saturated heterocycles. The molecule has 0 aliphatic carbocycles. The molecule has 0 aromatic carbocycles. The third-order valence-corrected chi connectivity index (χ3v) is 4.58. The van der Waals surface area contributed by atoms with Gasteiger partial charge in [0.05, 0.1) is 0 Å². The fraction of sp³-hybridized carbons (Fsp3) is 0.591. The minimum absolute atomic E-state index is 0.0304. The van der Waals surface area contributed by atoms with E-state index in [4.69, 9.17) is 0 Å². The van der Waals surface area contributed by atoms with E-state index in [0.29, 0.717) is 12.2 Å². The fourth-order valence-corrected chi connectivity index (χ4v) is 2.37. The second-order valence-corrected chi connectivity index (χ2v) is 7.25. The monoisotopic (exact) mass is 316 g/mol. The molecule has 23 heavy (non-hydrogen) atoms. The molecular weight excluding hydrogens is 280 g/mol. The number of ketones is 1. The Balaban J connectivity index is 4.10. The zero-order valence-electron chi connectivity index (χ0n) is 16.0. The van der Waals surface area contributed by atoms with Crippen molar-refractivity contribution in [3.05, 3.63) is 48.6 Å². The maximum Gasteiger partial charge on any atom is 0.139 e. The second-order valence-electron chi connectivity index (χ2n) is 7.25. The standard InChI is InChI=1S/C22H36O/c1-8-22(7,9-2)17-11-13-19(5)12-10-14-20(6)21(23)16-15-18(3)4/h8-9,13,15,20H,1-2,10-12,14,16-17H2,3-7H3. The molecule has 0 bridgehead atoms. The summed E-state index contributed by atoms with van der Waals surface area (Å²) in [5, 5.41) is 0. The van der Waals surface area contributed by atoms with Crippen LogP contribution >= 0.6 is 0 Å². The van der Waals surface area contributed by atoms with Crippen molar-refractivity contribution in [2.45, 2.75) is 73.1 Å². The highest BCUT2D eigenvalue weighted by atomic mass is 16.1. The van der Waals surface area contributed by atoms with Crippen molar-refractivity contribution in [3.63, 3.8) is 0 Å². The summed E-state index contributed by atoms with van der Waals surface area (Å²) in [5.74, 6) is 0.531. The Labute approximate surface area is 144 Å². The smallest absolute Gasteiger partial charge is 0.139 e. The zero-order valence-corrected chi connectivity index (χ0v) is 16.0. The number of rotatable bonds is 12. The summed E-state index contributed by atoms with van der Waals surface area (Å²) in [6.45, 7) is 18.3. The Hall–Kier alpha value is -1.37. The van der Waals surface area contributed by atoms with Crippen LogP contribution < -0.4 is 0 Å². The molecule has 1 atom stereocenters. The first kappa shape index (κ1) is 21.6. The maximum absolute atomic E-state index is 12.0. The molecule has 0 aromatic rings. The number of allylic oxidation sites excluding steroid dienone is 6. The topological polar surface area (TPSA) is 17.1 Å². The molecule has 0 aliphatic rings. The molecule has 1 nitrogen and oxygen atoms in total. The van der Waals surface area contributed by atoms with Gasteiger partial charge in [0.1, 0.15) is 5.78 Å². The van der Waals surface area contributed by atoms with Gasteiger partial charge >= 0.3 is 0 Å². The van der Waals surface area contributed by atoms with E-state index in [0.717, 1.165) is 32.1 Å². The van der Waals surface area contributed by atoms with E-state index in [9.17, 15) is 4.79 Å². The molecule has 0 amide bonds. The Bertz CT molecular complexity index is 439. The minimum Gasteiger partial charge on any atom is -0.299 e. The first-order valence-corrected chi connectivity index (χ1v) is 8.83. The molecule has 130 valence electrons. The molecule has 0 aliphatic heterocycles. The van der Waals surface area contributed by atoms with E-state index in [1.807, 2.05) is 32.1 Å². The Morgan fingerprint density at radius 1 is 1.13 bits per heavy atom. The highest BCUT2D eigenvalue weighted by Crippen LogP contribution is 2.26. The molecule has 0 aromatic heterocycles. The summed E-state index contributed by atoms with van der Waals surface area (Å²) in [5.41, 5.74) is 2.67. The fourth-order valence-electron chi connectivity index (χ4n) is 2.37. The van der Waals surface area contributed by atoms with Crippen LogP contribution in [0.3, 0.4) is 0 Å². The molecule has 1 unspecified atom stereocenters. The first-order chi connectivity index (χ1) is 10.7. The van der Waals surface area contributed by atoms with Crippen LogP contribution in [0.15, 0.2) is 48.6 Å². The van der Waals surface area contributed by atoms with Gasteiger partial charge < -0.3 is 0 Å². The predicted octanol–water partition coefficient (Wildman–Crippen LogP) is 6.82. The van der Waals surface area contributed by atoms with Crippen molar-refractivity contribution in [3.8, 4) is 0 Å². The Kier molecular flexibility index (Phi) is 10.5. The minimum atomic E-state index is 0.0304. The number of Topliss-reactive ketones (excluding diaryl/α,β-unsaturated/α-hetero) is 1. The SMILES string of the molecule is C=CC(C)(C=C)CCC=C(C)CCCC(C)C(=O)CC=C(C)C. The summed E-state index contributed by atoms with van der Waals surface area (Å²) in [4.78, 5) is 12.0. The van der Waals surface area contributed by atoms with E-state index >= 15 is 0 Å². The molecule has 0 heterocycles. The summed E-state index contributed by atoms with van der Waals surface area (Å²) in [6.07, 6.45) is 14.1. The molecule has 0 fully saturated rings. The average molecular weight is 317 g/mol. The van der Waals surface area contributed by atoms with Gasteiger partial charge in [-0.1, -0.05) is 49.3 Å². The van der Waals surface area contributed by atoms with Gasteiger partial charge in [0, 0.05) is 17.8 Å². The van der Waals surface area contributed by atoms with Crippen molar-refractivity contribution < 1.29 is 4.79 Å². The van der Waals surface area contributed by atoms with Gasteiger partial charge in [-0.15, -0.1) is 13.2 Å². The normalized spacial score (nSPS) is 13.3. The van der Waals surface area contributed by atoms with Gasteiger partial charge in [-0.3, -0.25) is 4.79 Å². The van der Waals surface area contributed by atoms with Crippen LogP contribution in [-0.4, -0.2) is 5.78 Å². The van der Waals surface area contributed by atoms with E-state index < -0.39 is 0 Å². The third-order valence-electron chi connectivity index (χ3n) is 4.58. The average Bonchev–Trinajstić information content (AvgIpc) is 2.52. The van der Waals surface area contributed by atoms with Crippen LogP contribution in [0.4, 0.5) is 0 Å². The van der Waals surface area contributed by atoms with Crippen LogP contribution in [-0.2, 0) is 4.79 Å². The lowest BCUT2D eigenvalue weighted by Gasteiger charge is -2.19. The van der Waals surface area contributed by atoms with Gasteiger partial charge in [0.15, 0.2) is 0 Å². The van der Waals surface area contributed by atoms with E-state index in [-0.39, 0.29) is 11.3 Å². The molecule has 1 heteroatoms. The van der Waals surface area contributed by atoms with Crippen LogP contribution in [0, 0.1) is 11.3 Å². The maximum atomic E-state index is 12.0. The van der Waals surface area contributed by atoms with Gasteiger partial charge in [-0.2, -0.15) is 0 Å². The number of hydrogen-bond acceptors (Lipinski definition) is 1. The largest absolute Gasteiger partial charge is 0.299 e. The van der Waals surface area contributed by atoms with Gasteiger partial charge in [-0.25, -0.2) is 0 Å². The van der Waals surface area contributed by atoms with Gasteiger partial charge in [0.2, 0.25) is 0 Å². The van der Waals surface area contributed by atoms with Crippen molar-refractivity contribution in [1.29, 1.82) is 0 Å². The number of carbonyl (C=O) groups is 1. The summed E-state index contributed by atoms with van der Waals surface area (Å²) >= 11 is 0.